The van der Waals surface area contributed by atoms with E-state index in [4.69, 9.17) is 0 Å². The van der Waals surface area contributed by atoms with Crippen LogP contribution in [-0.2, 0) is 9.59 Å². The summed E-state index contributed by atoms with van der Waals surface area (Å²) in [6.07, 6.45) is 0. The second-order valence-corrected chi connectivity index (χ2v) is 6.98. The Kier molecular flexibility index (Phi) is 7.23. The quantitative estimate of drug-likeness (QED) is 0.679. The lowest BCUT2D eigenvalue weighted by Gasteiger charge is -2.17. The molecule has 0 radical (unpaired) electrons. The molecular weight excluding hydrogens is 364 g/mol. The van der Waals surface area contributed by atoms with Crippen LogP contribution in [0.4, 0.5) is 14.5 Å². The first-order chi connectivity index (χ1) is 13.2. The zero-order chi connectivity index (χ0) is 20.8. The predicted octanol–water partition coefficient (Wildman–Crippen LogP) is 2.35. The van der Waals surface area contributed by atoms with E-state index in [1.165, 1.54) is 6.07 Å². The third-order valence-electron chi connectivity index (χ3n) is 4.63. The van der Waals surface area contributed by atoms with Crippen molar-refractivity contribution in [1.82, 2.24) is 5.32 Å². The van der Waals surface area contributed by atoms with E-state index in [1.54, 1.807) is 19.2 Å². The van der Waals surface area contributed by atoms with Gasteiger partial charge >= 0.3 is 0 Å². The topological polar surface area (TPSA) is 74.8 Å². The van der Waals surface area contributed by atoms with Crippen molar-refractivity contribution in [3.8, 4) is 0 Å². The number of nitrogens with one attached hydrogen (secondary N) is 2. The van der Waals surface area contributed by atoms with E-state index in [2.05, 4.69) is 10.6 Å². The maximum atomic E-state index is 13.4. The molecule has 2 atom stereocenters. The first kappa shape index (κ1) is 21.5. The summed E-state index contributed by atoms with van der Waals surface area (Å²) >= 11 is 0. The van der Waals surface area contributed by atoms with Gasteiger partial charge in [-0.25, -0.2) is 8.78 Å². The zero-order valence-corrected chi connectivity index (χ0v) is 16.5. The molecule has 0 aromatic heterocycles. The molecule has 7 heteroatoms. The second-order valence-electron chi connectivity index (χ2n) is 6.98. The number of nitrogens with two attached hydrogens (primary N) is 1. The van der Waals surface area contributed by atoms with E-state index < -0.39 is 17.7 Å². The van der Waals surface area contributed by atoms with Crippen molar-refractivity contribution < 1.29 is 23.7 Å². The van der Waals surface area contributed by atoms with E-state index in [0.717, 1.165) is 28.9 Å². The first-order valence-corrected chi connectivity index (χ1v) is 9.12. The molecular formula is C21H26F2N3O2+. The van der Waals surface area contributed by atoms with Crippen molar-refractivity contribution in [3.05, 3.63) is 64.7 Å². The minimum atomic E-state index is -0.918. The molecule has 0 spiro atoms. The highest BCUT2D eigenvalue weighted by molar-refractivity contribution is 5.96. The number of para-hydroxylation sites is 1. The molecule has 150 valence electrons. The van der Waals surface area contributed by atoms with E-state index in [9.17, 15) is 18.4 Å². The molecule has 0 unspecified atom stereocenters. The number of rotatable bonds is 7. The van der Waals surface area contributed by atoms with Gasteiger partial charge in [0.05, 0.1) is 6.54 Å². The monoisotopic (exact) mass is 390 g/mol. The molecule has 0 fully saturated rings. The van der Waals surface area contributed by atoms with Crippen molar-refractivity contribution in [2.45, 2.75) is 39.8 Å². The number of aryl methyl sites for hydroxylation is 2. The van der Waals surface area contributed by atoms with Crippen LogP contribution in [-0.4, -0.2) is 24.4 Å². The highest BCUT2D eigenvalue weighted by Crippen LogP contribution is 2.19. The lowest BCUT2D eigenvalue weighted by molar-refractivity contribution is -0.710. The predicted molar refractivity (Wildman–Crippen MR) is 104 cm³/mol. The average molecular weight is 390 g/mol. The summed E-state index contributed by atoms with van der Waals surface area (Å²) in [6.45, 7) is 7.14. The van der Waals surface area contributed by atoms with Gasteiger partial charge in [0.2, 0.25) is 5.91 Å². The van der Waals surface area contributed by atoms with E-state index in [-0.39, 0.29) is 24.4 Å². The Labute approximate surface area is 163 Å². The first-order valence-electron chi connectivity index (χ1n) is 9.12. The molecule has 0 heterocycles. The Morgan fingerprint density at radius 2 is 1.68 bits per heavy atom. The summed E-state index contributed by atoms with van der Waals surface area (Å²) in [6, 6.07) is 8.64. The molecule has 0 aliphatic carbocycles. The summed E-state index contributed by atoms with van der Waals surface area (Å²) in [5, 5.41) is 7.14. The molecule has 0 aliphatic heterocycles. The lowest BCUT2D eigenvalue weighted by atomic mass is 10.1. The molecule has 2 aromatic carbocycles. The Morgan fingerprint density at radius 3 is 2.29 bits per heavy atom. The zero-order valence-electron chi connectivity index (χ0n) is 16.5. The molecule has 0 saturated carbocycles. The third-order valence-corrected chi connectivity index (χ3v) is 4.63. The number of carbonyl (C=O) groups excluding carboxylic acids is 2. The van der Waals surface area contributed by atoms with Gasteiger partial charge in [-0.15, -0.1) is 0 Å². The number of hydrogen-bond donors (Lipinski definition) is 3. The van der Waals surface area contributed by atoms with Crippen molar-refractivity contribution in [2.75, 3.05) is 11.9 Å². The van der Waals surface area contributed by atoms with Crippen LogP contribution >= 0.6 is 0 Å². The summed E-state index contributed by atoms with van der Waals surface area (Å²) in [7, 11) is 0. The maximum absolute atomic E-state index is 13.4. The SMILES string of the molecule is Cc1cccc(C)c1NC(=O)CNC(=O)[C@@H](C)[NH2+][C@H](C)c1ccc(F)c(F)c1. The Balaban J connectivity index is 1.86. The van der Waals surface area contributed by atoms with Gasteiger partial charge in [-0.1, -0.05) is 18.2 Å². The van der Waals surface area contributed by atoms with Crippen LogP contribution < -0.4 is 16.0 Å². The van der Waals surface area contributed by atoms with Crippen LogP contribution in [0.2, 0.25) is 0 Å². The fraction of sp³-hybridized carbons (Fsp3) is 0.333. The maximum Gasteiger partial charge on any atom is 0.278 e. The van der Waals surface area contributed by atoms with Gasteiger partial charge in [-0.05, 0) is 57.0 Å². The molecule has 2 aromatic rings. The number of anilines is 1. The van der Waals surface area contributed by atoms with Crippen molar-refractivity contribution in [2.24, 2.45) is 0 Å². The summed E-state index contributed by atoms with van der Waals surface area (Å²) in [5.74, 6) is -2.45. The normalized spacial score (nSPS) is 12.9. The van der Waals surface area contributed by atoms with Gasteiger partial charge in [-0.3, -0.25) is 9.59 Å². The van der Waals surface area contributed by atoms with Gasteiger partial charge < -0.3 is 16.0 Å². The molecule has 5 nitrogen and oxygen atoms in total. The Morgan fingerprint density at radius 1 is 1.04 bits per heavy atom. The third kappa shape index (κ3) is 5.60. The highest BCUT2D eigenvalue weighted by atomic mass is 19.2. The standard InChI is InChI=1S/C21H25F2N3O2/c1-12-6-5-7-13(2)20(12)26-19(27)11-24-21(28)15(4)25-14(3)16-8-9-17(22)18(23)10-16/h5-10,14-15,25H,11H2,1-4H3,(H,24,28)(H,26,27)/p+1/t14-,15-/m1/s1. The van der Waals surface area contributed by atoms with Crippen LogP contribution in [0.5, 0.6) is 0 Å². The fourth-order valence-corrected chi connectivity index (χ4v) is 2.95. The summed E-state index contributed by atoms with van der Waals surface area (Å²) < 4.78 is 26.4. The molecule has 0 saturated heterocycles. The van der Waals surface area contributed by atoms with E-state index in [1.807, 2.05) is 32.0 Å². The van der Waals surface area contributed by atoms with Crippen LogP contribution in [0.15, 0.2) is 36.4 Å². The minimum Gasteiger partial charge on any atom is -0.342 e. The van der Waals surface area contributed by atoms with Crippen LogP contribution in [0, 0.1) is 25.5 Å². The number of benzene rings is 2. The lowest BCUT2D eigenvalue weighted by Crippen LogP contribution is -2.92. The number of carbonyl (C=O) groups is 2. The molecule has 0 bridgehead atoms. The van der Waals surface area contributed by atoms with Gasteiger partial charge in [0, 0.05) is 11.3 Å². The largest absolute Gasteiger partial charge is 0.342 e. The van der Waals surface area contributed by atoms with Crippen LogP contribution in [0.1, 0.15) is 36.6 Å². The van der Waals surface area contributed by atoms with Crippen molar-refractivity contribution in [3.63, 3.8) is 0 Å². The van der Waals surface area contributed by atoms with Crippen LogP contribution in [0.3, 0.4) is 0 Å². The number of halogens is 2. The molecule has 0 aliphatic rings. The minimum absolute atomic E-state index is 0.148. The van der Waals surface area contributed by atoms with Crippen molar-refractivity contribution in [1.29, 1.82) is 0 Å². The van der Waals surface area contributed by atoms with Gasteiger partial charge in [0.15, 0.2) is 17.7 Å². The summed E-state index contributed by atoms with van der Waals surface area (Å²) in [4.78, 5) is 24.4. The van der Waals surface area contributed by atoms with E-state index >= 15 is 0 Å². The van der Waals surface area contributed by atoms with Gasteiger partial charge in [0.25, 0.3) is 5.91 Å². The molecule has 2 rings (SSSR count). The average Bonchev–Trinajstić information content (AvgIpc) is 2.64. The number of amides is 2. The fourth-order valence-electron chi connectivity index (χ4n) is 2.95. The number of quaternary nitrogens is 1. The summed E-state index contributed by atoms with van der Waals surface area (Å²) in [5.41, 5.74) is 3.21. The van der Waals surface area contributed by atoms with Gasteiger partial charge in [-0.2, -0.15) is 0 Å². The second kappa shape index (κ2) is 9.41. The smallest absolute Gasteiger partial charge is 0.278 e. The Bertz CT molecular complexity index is 850. The number of hydrogen-bond acceptors (Lipinski definition) is 2. The molecule has 2 amide bonds. The van der Waals surface area contributed by atoms with Crippen LogP contribution in [0.25, 0.3) is 0 Å². The molecule has 28 heavy (non-hydrogen) atoms. The van der Waals surface area contributed by atoms with E-state index in [0.29, 0.717) is 5.56 Å². The highest BCUT2D eigenvalue weighted by Gasteiger charge is 2.21. The molecule has 4 N–H and O–H groups in total. The Hall–Kier alpha value is -2.80. The van der Waals surface area contributed by atoms with Crippen molar-refractivity contribution >= 4 is 17.5 Å². The van der Waals surface area contributed by atoms with Gasteiger partial charge in [0.1, 0.15) is 6.04 Å².